The number of carbonyl (C=O) groups excluding carboxylic acids is 1. The molecule has 0 heterocycles. The highest BCUT2D eigenvalue weighted by Gasteiger charge is 2.49. The fraction of sp³-hybridized carbons (Fsp3) is 0.500. The normalized spacial score (nSPS) is 23.5. The first-order valence-electron chi connectivity index (χ1n) is 12.5. The minimum absolute atomic E-state index is 0.0810. The van der Waals surface area contributed by atoms with Crippen LogP contribution in [0.15, 0.2) is 54.6 Å². The lowest BCUT2D eigenvalue weighted by molar-refractivity contribution is -0.134. The molecule has 3 N–H and O–H groups in total. The second-order valence-corrected chi connectivity index (χ2v) is 10.2. The molecular weight excluding hydrogens is 428 g/mol. The van der Waals surface area contributed by atoms with E-state index in [-0.39, 0.29) is 30.0 Å². The summed E-state index contributed by atoms with van der Waals surface area (Å²) in [7, 11) is 0. The number of phenols is 1. The summed E-state index contributed by atoms with van der Waals surface area (Å²) in [6, 6.07) is 16.6. The van der Waals surface area contributed by atoms with Gasteiger partial charge in [-0.1, -0.05) is 61.4 Å². The van der Waals surface area contributed by atoms with Gasteiger partial charge in [0.15, 0.2) is 0 Å². The van der Waals surface area contributed by atoms with Gasteiger partial charge in [-0.25, -0.2) is 4.79 Å². The second-order valence-electron chi connectivity index (χ2n) is 10.2. The van der Waals surface area contributed by atoms with E-state index in [0.717, 1.165) is 37.7 Å². The van der Waals surface area contributed by atoms with Gasteiger partial charge in [0, 0.05) is 19.0 Å². The Kier molecular flexibility index (Phi) is 7.44. The van der Waals surface area contributed by atoms with Crippen molar-refractivity contribution in [1.82, 2.24) is 10.2 Å². The molecule has 0 saturated heterocycles. The lowest BCUT2D eigenvalue weighted by Gasteiger charge is -2.50. The van der Waals surface area contributed by atoms with Gasteiger partial charge in [-0.05, 0) is 68.1 Å². The number of para-hydroxylation sites is 1. The Morgan fingerprint density at radius 3 is 2.50 bits per heavy atom. The summed E-state index contributed by atoms with van der Waals surface area (Å²) >= 11 is 0. The Balaban J connectivity index is 1.61. The number of fused-ring (bicyclic) bond motifs is 2. The molecule has 4 unspecified atom stereocenters. The molecule has 0 aliphatic heterocycles. The summed E-state index contributed by atoms with van der Waals surface area (Å²) in [6.07, 6.45) is 5.91. The molecule has 182 valence electrons. The maximum absolute atomic E-state index is 13.7. The molecule has 2 aliphatic rings. The van der Waals surface area contributed by atoms with E-state index in [1.165, 1.54) is 11.3 Å². The van der Waals surface area contributed by atoms with Crippen LogP contribution in [0, 0.1) is 11.8 Å². The number of nitrogens with one attached hydrogen (secondary N) is 1. The Morgan fingerprint density at radius 1 is 1.03 bits per heavy atom. The van der Waals surface area contributed by atoms with E-state index < -0.39 is 11.6 Å². The van der Waals surface area contributed by atoms with Gasteiger partial charge in [0.2, 0.25) is 5.91 Å². The molecule has 2 aliphatic carbocycles. The number of aromatic hydroxyl groups is 1. The number of benzene rings is 2. The zero-order valence-corrected chi connectivity index (χ0v) is 20.0. The lowest BCUT2D eigenvalue weighted by atomic mass is 9.68. The van der Waals surface area contributed by atoms with Crippen molar-refractivity contribution in [1.29, 1.82) is 0 Å². The van der Waals surface area contributed by atoms with E-state index in [4.69, 9.17) is 0 Å². The predicted molar refractivity (Wildman–Crippen MR) is 132 cm³/mol. The summed E-state index contributed by atoms with van der Waals surface area (Å²) in [4.78, 5) is 27.9. The van der Waals surface area contributed by atoms with Crippen LogP contribution in [-0.2, 0) is 17.6 Å². The molecule has 2 aromatic carbocycles. The van der Waals surface area contributed by atoms with Crippen molar-refractivity contribution in [3.05, 3.63) is 65.7 Å². The van der Waals surface area contributed by atoms with Crippen LogP contribution in [-0.4, -0.2) is 45.2 Å². The van der Waals surface area contributed by atoms with E-state index in [9.17, 15) is 19.8 Å². The van der Waals surface area contributed by atoms with E-state index in [1.807, 2.05) is 30.3 Å². The predicted octanol–water partition coefficient (Wildman–Crippen LogP) is 5.00. The molecule has 6 nitrogen and oxygen atoms in total. The number of carbonyl (C=O) groups is 2. The van der Waals surface area contributed by atoms with E-state index in [1.54, 1.807) is 31.2 Å². The molecule has 4 rings (SSSR count). The first-order chi connectivity index (χ1) is 16.4. The first-order valence-corrected chi connectivity index (χ1v) is 12.5. The Labute approximate surface area is 202 Å². The quantitative estimate of drug-likeness (QED) is 0.513. The van der Waals surface area contributed by atoms with Crippen molar-refractivity contribution in [2.45, 2.75) is 69.9 Å². The maximum Gasteiger partial charge on any atom is 0.408 e. The first kappa shape index (κ1) is 24.1. The molecule has 2 aromatic rings. The number of nitrogens with zero attached hydrogens (tertiary/aromatic N) is 1. The molecule has 6 heteroatoms. The average molecular weight is 465 g/mol. The molecule has 2 fully saturated rings. The summed E-state index contributed by atoms with van der Waals surface area (Å²) in [5.74, 6) is 0.726. The molecule has 4 atom stereocenters. The SMILES string of the molecule is CC(Cc1ccccc1O)(C(=O)NCCc1ccccc1)N(C(=O)O)C1CCC2CCCC1C2. The average Bonchev–Trinajstić information content (AvgIpc) is 2.83. The number of carboxylic acid groups (broad SMARTS) is 1. The van der Waals surface area contributed by atoms with Crippen LogP contribution in [0.5, 0.6) is 5.75 Å². The smallest absolute Gasteiger partial charge is 0.408 e. The fourth-order valence-corrected chi connectivity index (χ4v) is 6.11. The van der Waals surface area contributed by atoms with Gasteiger partial charge >= 0.3 is 6.09 Å². The van der Waals surface area contributed by atoms with Crippen molar-refractivity contribution in [2.24, 2.45) is 11.8 Å². The minimum atomic E-state index is -1.34. The topological polar surface area (TPSA) is 89.9 Å². The standard InChI is InChI=1S/C28H36N2O4/c1-28(19-23-11-5-6-13-25(23)31,26(32)29-17-16-20-8-3-2-4-9-20)30(27(33)34)24-15-14-21-10-7-12-22(24)18-21/h2-6,8-9,11,13,21-22,24,31H,7,10,12,14-19H2,1H3,(H,29,32)(H,33,34). The number of amides is 2. The van der Waals surface area contributed by atoms with E-state index >= 15 is 0 Å². The van der Waals surface area contributed by atoms with E-state index in [2.05, 4.69) is 5.32 Å². The Morgan fingerprint density at radius 2 is 1.76 bits per heavy atom. The second kappa shape index (κ2) is 10.5. The van der Waals surface area contributed by atoms with Crippen LogP contribution in [0.1, 0.15) is 56.6 Å². The fourth-order valence-electron chi connectivity index (χ4n) is 6.11. The highest BCUT2D eigenvalue weighted by atomic mass is 16.4. The van der Waals surface area contributed by atoms with Crippen molar-refractivity contribution in [2.75, 3.05) is 6.54 Å². The number of phenolic OH excluding ortho intramolecular Hbond substituents is 1. The van der Waals surface area contributed by atoms with Crippen molar-refractivity contribution >= 4 is 12.0 Å². The van der Waals surface area contributed by atoms with Crippen LogP contribution < -0.4 is 5.32 Å². The molecule has 2 saturated carbocycles. The van der Waals surface area contributed by atoms with Gasteiger partial charge in [0.25, 0.3) is 0 Å². The zero-order chi connectivity index (χ0) is 24.1. The summed E-state index contributed by atoms with van der Waals surface area (Å²) in [6.45, 7) is 2.14. The lowest BCUT2D eigenvalue weighted by Crippen LogP contribution is -2.65. The molecule has 0 radical (unpaired) electrons. The summed E-state index contributed by atoms with van der Waals surface area (Å²) in [5.41, 5.74) is 0.351. The molecule has 0 aromatic heterocycles. The molecule has 0 spiro atoms. The van der Waals surface area contributed by atoms with Gasteiger partial charge in [0.05, 0.1) is 0 Å². The number of hydrogen-bond donors (Lipinski definition) is 3. The summed E-state index contributed by atoms with van der Waals surface area (Å²) < 4.78 is 0. The van der Waals surface area contributed by atoms with Crippen molar-refractivity contribution in [3.63, 3.8) is 0 Å². The highest BCUT2D eigenvalue weighted by molar-refractivity contribution is 5.90. The van der Waals surface area contributed by atoms with Gasteiger partial charge in [-0.15, -0.1) is 0 Å². The zero-order valence-electron chi connectivity index (χ0n) is 20.0. The number of rotatable bonds is 8. The molecule has 34 heavy (non-hydrogen) atoms. The molecule has 2 amide bonds. The van der Waals surface area contributed by atoms with Crippen LogP contribution in [0.3, 0.4) is 0 Å². The molecule has 2 bridgehead atoms. The van der Waals surface area contributed by atoms with Crippen LogP contribution in [0.4, 0.5) is 4.79 Å². The van der Waals surface area contributed by atoms with Gasteiger partial charge in [0.1, 0.15) is 11.3 Å². The van der Waals surface area contributed by atoms with Crippen molar-refractivity contribution in [3.8, 4) is 5.75 Å². The third-order valence-electron chi connectivity index (χ3n) is 7.87. The monoisotopic (exact) mass is 464 g/mol. The van der Waals surface area contributed by atoms with Gasteiger partial charge in [-0.3, -0.25) is 9.69 Å². The van der Waals surface area contributed by atoms with Gasteiger partial charge in [-0.2, -0.15) is 0 Å². The third kappa shape index (κ3) is 5.21. The van der Waals surface area contributed by atoms with Gasteiger partial charge < -0.3 is 15.5 Å². The van der Waals surface area contributed by atoms with Crippen LogP contribution in [0.2, 0.25) is 0 Å². The van der Waals surface area contributed by atoms with Crippen molar-refractivity contribution < 1.29 is 19.8 Å². The summed E-state index contributed by atoms with van der Waals surface area (Å²) in [5, 5.41) is 23.9. The highest BCUT2D eigenvalue weighted by Crippen LogP contribution is 2.44. The van der Waals surface area contributed by atoms with Crippen LogP contribution in [0.25, 0.3) is 0 Å². The largest absolute Gasteiger partial charge is 0.508 e. The van der Waals surface area contributed by atoms with Crippen LogP contribution >= 0.6 is 0 Å². The Bertz CT molecular complexity index is 995. The Hall–Kier alpha value is -3.02. The van der Waals surface area contributed by atoms with E-state index in [0.29, 0.717) is 24.4 Å². The molecular formula is C28H36N2O4. The maximum atomic E-state index is 13.7. The minimum Gasteiger partial charge on any atom is -0.508 e. The third-order valence-corrected chi connectivity index (χ3v) is 7.87. The number of hydrogen-bond acceptors (Lipinski definition) is 3.